The summed E-state index contributed by atoms with van der Waals surface area (Å²) < 4.78 is 12.3. The van der Waals surface area contributed by atoms with Crippen LogP contribution in [0.1, 0.15) is 26.7 Å². The largest absolute Gasteiger partial charge is 0.481 e. The van der Waals surface area contributed by atoms with Gasteiger partial charge in [0.05, 0.1) is 18.5 Å². The van der Waals surface area contributed by atoms with Crippen molar-refractivity contribution >= 4 is 11.9 Å². The minimum absolute atomic E-state index is 0.203. The van der Waals surface area contributed by atoms with E-state index < -0.39 is 43.2 Å². The van der Waals surface area contributed by atoms with E-state index in [1.807, 2.05) is 13.8 Å². The number of aliphatic carboxylic acids is 1. The van der Waals surface area contributed by atoms with Crippen molar-refractivity contribution in [1.29, 1.82) is 0 Å². The maximum atomic E-state index is 12.3. The zero-order valence-electron chi connectivity index (χ0n) is 10.6. The second-order valence-corrected chi connectivity index (χ2v) is 4.67. The van der Waals surface area contributed by atoms with Gasteiger partial charge in [0, 0.05) is 0 Å². The monoisotopic (exact) mass is 264 g/mol. The molecule has 0 saturated heterocycles. The molecule has 0 aliphatic carbocycles. The number of nitrogens with two attached hydrogens (primary N) is 1. The first kappa shape index (κ1) is 16.8. The Hall–Kier alpha value is -1.21. The second kappa shape index (κ2) is 7.99. The van der Waals surface area contributed by atoms with Crippen LogP contribution in [0, 0.1) is 5.92 Å². The SMILES string of the molecule is CC(C)C[C@H](N)C(=O)NC(CC(=O)O)C(O)CF. The van der Waals surface area contributed by atoms with E-state index in [2.05, 4.69) is 5.32 Å². The molecule has 0 aromatic heterocycles. The molecule has 3 atom stereocenters. The van der Waals surface area contributed by atoms with Gasteiger partial charge in [0.25, 0.3) is 0 Å². The quantitative estimate of drug-likeness (QED) is 0.478. The number of carbonyl (C=O) groups excluding carboxylic acids is 1. The van der Waals surface area contributed by atoms with Gasteiger partial charge >= 0.3 is 5.97 Å². The Bertz CT molecular complexity index is 286. The van der Waals surface area contributed by atoms with Crippen LogP contribution in [0.2, 0.25) is 0 Å². The summed E-state index contributed by atoms with van der Waals surface area (Å²) >= 11 is 0. The Kier molecular flexibility index (Phi) is 7.45. The number of hydrogen-bond donors (Lipinski definition) is 4. The van der Waals surface area contributed by atoms with E-state index in [0.29, 0.717) is 6.42 Å². The highest BCUT2D eigenvalue weighted by molar-refractivity contribution is 5.82. The van der Waals surface area contributed by atoms with Crippen molar-refractivity contribution in [1.82, 2.24) is 5.32 Å². The third kappa shape index (κ3) is 6.51. The average molecular weight is 264 g/mol. The summed E-state index contributed by atoms with van der Waals surface area (Å²) in [5, 5.41) is 20.2. The molecule has 1 amide bonds. The van der Waals surface area contributed by atoms with Gasteiger partial charge in [-0.3, -0.25) is 9.59 Å². The lowest BCUT2D eigenvalue weighted by Gasteiger charge is -2.23. The Morgan fingerprint density at radius 1 is 1.39 bits per heavy atom. The predicted octanol–water partition coefficient (Wildman–Crippen LogP) is -0.350. The van der Waals surface area contributed by atoms with Crippen LogP contribution in [0.4, 0.5) is 4.39 Å². The molecule has 6 nitrogen and oxygen atoms in total. The van der Waals surface area contributed by atoms with Crippen LogP contribution in [0.3, 0.4) is 0 Å². The number of aliphatic hydroxyl groups is 1. The number of hydrogen-bond acceptors (Lipinski definition) is 4. The maximum absolute atomic E-state index is 12.3. The molecule has 0 bridgehead atoms. The lowest BCUT2D eigenvalue weighted by Crippen LogP contribution is -2.51. The summed E-state index contributed by atoms with van der Waals surface area (Å²) in [4.78, 5) is 22.2. The van der Waals surface area contributed by atoms with E-state index in [1.165, 1.54) is 0 Å². The summed E-state index contributed by atoms with van der Waals surface area (Å²) in [6.07, 6.45) is -1.67. The van der Waals surface area contributed by atoms with Gasteiger partial charge < -0.3 is 21.3 Å². The maximum Gasteiger partial charge on any atom is 0.305 e. The average Bonchev–Trinajstić information content (AvgIpc) is 2.25. The van der Waals surface area contributed by atoms with E-state index >= 15 is 0 Å². The molecule has 7 heteroatoms. The van der Waals surface area contributed by atoms with Crippen molar-refractivity contribution < 1.29 is 24.2 Å². The zero-order valence-corrected chi connectivity index (χ0v) is 10.6. The van der Waals surface area contributed by atoms with Crippen LogP contribution in [0.5, 0.6) is 0 Å². The van der Waals surface area contributed by atoms with Gasteiger partial charge in [-0.1, -0.05) is 13.8 Å². The lowest BCUT2D eigenvalue weighted by molar-refractivity contribution is -0.138. The Morgan fingerprint density at radius 2 is 1.94 bits per heavy atom. The second-order valence-electron chi connectivity index (χ2n) is 4.67. The number of carboxylic acids is 1. The number of aliphatic hydroxyl groups excluding tert-OH is 1. The van der Waals surface area contributed by atoms with Gasteiger partial charge in [-0.05, 0) is 12.3 Å². The summed E-state index contributed by atoms with van der Waals surface area (Å²) in [5.41, 5.74) is 5.60. The zero-order chi connectivity index (χ0) is 14.3. The molecule has 0 heterocycles. The van der Waals surface area contributed by atoms with E-state index in [0.717, 1.165) is 0 Å². The smallest absolute Gasteiger partial charge is 0.305 e. The minimum Gasteiger partial charge on any atom is -0.481 e. The summed E-state index contributed by atoms with van der Waals surface area (Å²) in [6.45, 7) is 2.65. The van der Waals surface area contributed by atoms with Crippen LogP contribution >= 0.6 is 0 Å². The van der Waals surface area contributed by atoms with Gasteiger partial charge in [0.15, 0.2) is 0 Å². The normalized spacial score (nSPS) is 16.1. The molecule has 0 aliphatic heterocycles. The molecule has 5 N–H and O–H groups in total. The topological polar surface area (TPSA) is 113 Å². The Morgan fingerprint density at radius 3 is 2.33 bits per heavy atom. The Labute approximate surface area is 105 Å². The van der Waals surface area contributed by atoms with E-state index in [1.54, 1.807) is 0 Å². The molecule has 106 valence electrons. The number of alkyl halides is 1. The third-order valence-corrected chi connectivity index (χ3v) is 2.41. The fourth-order valence-corrected chi connectivity index (χ4v) is 1.48. The number of nitrogens with one attached hydrogen (secondary N) is 1. The number of amides is 1. The molecule has 18 heavy (non-hydrogen) atoms. The fourth-order valence-electron chi connectivity index (χ4n) is 1.48. The van der Waals surface area contributed by atoms with E-state index in [9.17, 15) is 19.1 Å². The summed E-state index contributed by atoms with van der Waals surface area (Å²) in [5.74, 6) is -1.61. The molecular formula is C11H21FN2O4. The Balaban J connectivity index is 4.47. The van der Waals surface area contributed by atoms with Crippen molar-refractivity contribution in [2.45, 2.75) is 44.9 Å². The predicted molar refractivity (Wildman–Crippen MR) is 63.6 cm³/mol. The van der Waals surface area contributed by atoms with Gasteiger partial charge in [-0.2, -0.15) is 0 Å². The van der Waals surface area contributed by atoms with Gasteiger partial charge in [0.1, 0.15) is 12.8 Å². The molecule has 2 unspecified atom stereocenters. The number of rotatable bonds is 8. The first-order valence-electron chi connectivity index (χ1n) is 5.79. The molecule has 0 aromatic carbocycles. The summed E-state index contributed by atoms with van der Waals surface area (Å²) in [6, 6.07) is -1.97. The van der Waals surface area contributed by atoms with Crippen molar-refractivity contribution in [3.63, 3.8) is 0 Å². The van der Waals surface area contributed by atoms with Gasteiger partial charge in [-0.15, -0.1) is 0 Å². The highest BCUT2D eigenvalue weighted by Gasteiger charge is 2.26. The standard InChI is InChI=1S/C11H21FN2O4/c1-6(2)3-7(13)11(18)14-8(4-10(16)17)9(15)5-12/h6-9,15H,3-5,13H2,1-2H3,(H,14,18)(H,16,17)/t7-,8?,9?/m0/s1. The molecule has 0 aromatic rings. The van der Waals surface area contributed by atoms with Crippen LogP contribution < -0.4 is 11.1 Å². The third-order valence-electron chi connectivity index (χ3n) is 2.41. The highest BCUT2D eigenvalue weighted by Crippen LogP contribution is 2.05. The molecule has 0 rings (SSSR count). The summed E-state index contributed by atoms with van der Waals surface area (Å²) in [7, 11) is 0. The first-order chi connectivity index (χ1) is 8.27. The van der Waals surface area contributed by atoms with Crippen LogP contribution in [0.15, 0.2) is 0 Å². The molecule has 0 aliphatic rings. The van der Waals surface area contributed by atoms with Gasteiger partial charge in [-0.25, -0.2) is 4.39 Å². The number of carboxylic acid groups (broad SMARTS) is 1. The van der Waals surface area contributed by atoms with Crippen LogP contribution in [0.25, 0.3) is 0 Å². The minimum atomic E-state index is -1.55. The molecule has 0 saturated carbocycles. The lowest BCUT2D eigenvalue weighted by atomic mass is 10.0. The van der Waals surface area contributed by atoms with Crippen LogP contribution in [-0.4, -0.2) is 47.0 Å². The number of carbonyl (C=O) groups is 2. The molecule has 0 radical (unpaired) electrons. The first-order valence-corrected chi connectivity index (χ1v) is 5.79. The van der Waals surface area contributed by atoms with Crippen molar-refractivity contribution in [2.75, 3.05) is 6.67 Å². The van der Waals surface area contributed by atoms with E-state index in [4.69, 9.17) is 10.8 Å². The fraction of sp³-hybridized carbons (Fsp3) is 0.818. The highest BCUT2D eigenvalue weighted by atomic mass is 19.1. The van der Waals surface area contributed by atoms with Crippen molar-refractivity contribution in [3.05, 3.63) is 0 Å². The van der Waals surface area contributed by atoms with Gasteiger partial charge in [0.2, 0.25) is 5.91 Å². The molecule has 0 spiro atoms. The van der Waals surface area contributed by atoms with Crippen molar-refractivity contribution in [2.24, 2.45) is 11.7 Å². The van der Waals surface area contributed by atoms with Crippen LogP contribution in [-0.2, 0) is 9.59 Å². The molecule has 0 fully saturated rings. The van der Waals surface area contributed by atoms with E-state index in [-0.39, 0.29) is 5.92 Å². The van der Waals surface area contributed by atoms with Crippen molar-refractivity contribution in [3.8, 4) is 0 Å². The molecular weight excluding hydrogens is 243 g/mol. The number of halogens is 1.